The van der Waals surface area contributed by atoms with E-state index >= 15 is 0 Å². The van der Waals surface area contributed by atoms with E-state index in [-0.39, 0.29) is 108 Å². The molecule has 0 spiro atoms. The Morgan fingerprint density at radius 2 is 0.615 bits per heavy atom. The van der Waals surface area contributed by atoms with Crippen molar-refractivity contribution in [2.24, 2.45) is 0 Å². The van der Waals surface area contributed by atoms with E-state index in [0.29, 0.717) is 0 Å². The van der Waals surface area contributed by atoms with Crippen molar-refractivity contribution < 1.29 is 40.5 Å². The van der Waals surface area contributed by atoms with Crippen LogP contribution in [0.1, 0.15) is 0 Å². The van der Waals surface area contributed by atoms with Crippen molar-refractivity contribution in [3.63, 3.8) is 0 Å². The van der Waals surface area contributed by atoms with Gasteiger partial charge < -0.3 is 5.48 Å². The summed E-state index contributed by atoms with van der Waals surface area (Å²) in [6.45, 7) is 0. The van der Waals surface area contributed by atoms with Crippen LogP contribution in [0.25, 0.3) is 0 Å². The first kappa shape index (κ1) is 29.7. The van der Waals surface area contributed by atoms with E-state index in [1.165, 1.54) is 0 Å². The fraction of sp³-hybridized carbons (Fsp3) is 0. The molecule has 0 aromatic rings. The fourth-order valence-electron chi connectivity index (χ4n) is 0. The average molecular weight is 294 g/mol. The maximum atomic E-state index is 8.74. The maximum absolute atomic E-state index is 8.74. The van der Waals surface area contributed by atoms with Gasteiger partial charge in [-0.2, -0.15) is 16.8 Å². The Bertz CT molecular complexity index is 212. The molecule has 0 heterocycles. The van der Waals surface area contributed by atoms with Crippen LogP contribution in [0.3, 0.4) is 0 Å². The second-order valence-electron chi connectivity index (χ2n) is 0.896. The molecule has 13 heavy (non-hydrogen) atoms. The molecular weight excluding hydrogens is 286 g/mol. The monoisotopic (exact) mass is 294 g/mol. The first-order valence-corrected chi connectivity index (χ1v) is 4.19. The van der Waals surface area contributed by atoms with E-state index < -0.39 is 20.8 Å². The quantitative estimate of drug-likeness (QED) is 0.263. The molecule has 76 valence electrons. The Morgan fingerprint density at radius 1 is 0.615 bits per heavy atom. The van der Waals surface area contributed by atoms with E-state index in [1.54, 1.807) is 0 Å². The van der Waals surface area contributed by atoms with Crippen molar-refractivity contribution >= 4 is 124 Å². The molecule has 0 saturated heterocycles. The summed E-state index contributed by atoms with van der Waals surface area (Å²) >= 11 is 0. The molecule has 0 amide bonds. The van der Waals surface area contributed by atoms with Crippen LogP contribution < -0.4 is 0 Å². The van der Waals surface area contributed by atoms with Crippen molar-refractivity contribution in [3.05, 3.63) is 0 Å². The second-order valence-corrected chi connectivity index (χ2v) is 2.69. The Labute approximate surface area is 160 Å². The summed E-state index contributed by atoms with van der Waals surface area (Å²) in [5, 5.41) is 0. The van der Waals surface area contributed by atoms with Crippen molar-refractivity contribution in [3.8, 4) is 0 Å². The molecule has 0 rings (SSSR count). The van der Waals surface area contributed by atoms with Crippen LogP contribution in [-0.4, -0.2) is 143 Å². The molecule has 0 aromatic heterocycles. The zero-order chi connectivity index (χ0) is 9.00. The first-order chi connectivity index (χ1) is 4.00. The third-order valence-corrected chi connectivity index (χ3v) is 0. The van der Waals surface area contributed by atoms with Gasteiger partial charge in [0.05, 0.1) is 0 Å². The van der Waals surface area contributed by atoms with Crippen molar-refractivity contribution in [1.29, 1.82) is 0 Å². The van der Waals surface area contributed by atoms with Crippen LogP contribution in [-0.2, 0) is 20.8 Å². The van der Waals surface area contributed by atoms with Gasteiger partial charge in [0.25, 0.3) is 0 Å². The summed E-state index contributed by atoms with van der Waals surface area (Å²) in [7, 11) is -9.33. The minimum atomic E-state index is -4.67. The van der Waals surface area contributed by atoms with Gasteiger partial charge in [0.1, 0.15) is 0 Å². The molecule has 0 aliphatic carbocycles. The van der Waals surface area contributed by atoms with E-state index in [1.807, 2.05) is 0 Å². The molecule has 6 N–H and O–H groups in total. The molecule has 0 aliphatic rings. The third-order valence-electron chi connectivity index (χ3n) is 0. The van der Waals surface area contributed by atoms with Crippen LogP contribution in [0.15, 0.2) is 0 Å². The summed E-state index contributed by atoms with van der Waals surface area (Å²) in [4.78, 5) is 0. The Kier molecular flexibility index (Phi) is 29.8. The normalized spacial score (nSPS) is 8.92. The van der Waals surface area contributed by atoms with Gasteiger partial charge in [-0.05, 0) is 0 Å². The van der Waals surface area contributed by atoms with Crippen molar-refractivity contribution in [1.82, 2.24) is 0 Å². The van der Waals surface area contributed by atoms with Crippen LogP contribution in [0.4, 0.5) is 0 Å². The predicted octanol–water partition coefficient (Wildman–Crippen LogP) is -3.43. The Hall–Kier alpha value is 2.97. The van der Waals surface area contributed by atoms with Gasteiger partial charge in [0.15, 0.2) is 0 Å². The SMILES string of the molecule is O.O=S(=O)(O)O.O=S(=O)(O)O.[KH].[KH]. The zero-order valence-electron chi connectivity index (χ0n) is 4.74. The zero-order valence-corrected chi connectivity index (χ0v) is 6.37. The van der Waals surface area contributed by atoms with Crippen molar-refractivity contribution in [2.75, 3.05) is 0 Å². The average Bonchev–Trinajstić information content (AvgIpc) is 1.12. The third kappa shape index (κ3) is 285. The van der Waals surface area contributed by atoms with Crippen molar-refractivity contribution in [2.45, 2.75) is 0 Å². The minimum absolute atomic E-state index is 0. The fourth-order valence-corrected chi connectivity index (χ4v) is 0. The molecule has 0 radical (unpaired) electrons. The second kappa shape index (κ2) is 13.0. The van der Waals surface area contributed by atoms with Crippen LogP contribution >= 0.6 is 0 Å². The summed E-state index contributed by atoms with van der Waals surface area (Å²) < 4.78 is 63.2. The van der Waals surface area contributed by atoms with Crippen LogP contribution in [0, 0.1) is 0 Å². The Balaban J connectivity index is -0.0000000267. The number of rotatable bonds is 0. The molecule has 0 aromatic carbocycles. The molecular formula is H8K2O9S2. The molecule has 0 atom stereocenters. The summed E-state index contributed by atoms with van der Waals surface area (Å²) in [6.07, 6.45) is 0. The molecule has 0 fully saturated rings. The molecule has 0 saturated carbocycles. The number of hydrogen-bond acceptors (Lipinski definition) is 4. The van der Waals surface area contributed by atoms with Crippen LogP contribution in [0.2, 0.25) is 0 Å². The molecule has 0 bridgehead atoms. The molecule has 0 unspecified atom stereocenters. The van der Waals surface area contributed by atoms with Gasteiger partial charge in [-0.3, -0.25) is 18.2 Å². The topological polar surface area (TPSA) is 181 Å². The van der Waals surface area contributed by atoms with E-state index in [0.717, 1.165) is 0 Å². The molecule has 13 heteroatoms. The van der Waals surface area contributed by atoms with Gasteiger partial charge in [-0.1, -0.05) is 0 Å². The van der Waals surface area contributed by atoms with Crippen LogP contribution in [0.5, 0.6) is 0 Å². The summed E-state index contributed by atoms with van der Waals surface area (Å²) in [5.41, 5.74) is 0. The Morgan fingerprint density at radius 3 is 0.615 bits per heavy atom. The molecule has 9 nitrogen and oxygen atoms in total. The van der Waals surface area contributed by atoms with E-state index in [9.17, 15) is 0 Å². The van der Waals surface area contributed by atoms with E-state index in [2.05, 4.69) is 0 Å². The van der Waals surface area contributed by atoms with Gasteiger partial charge >= 0.3 is 124 Å². The first-order valence-electron chi connectivity index (χ1n) is 1.40. The summed E-state index contributed by atoms with van der Waals surface area (Å²) in [6, 6.07) is 0. The molecule has 0 aliphatic heterocycles. The van der Waals surface area contributed by atoms with Gasteiger partial charge in [0.2, 0.25) is 0 Å². The number of hydrogen-bond donors (Lipinski definition) is 4. The van der Waals surface area contributed by atoms with Gasteiger partial charge in [0, 0.05) is 0 Å². The predicted molar refractivity (Wildman–Crippen MR) is 46.3 cm³/mol. The summed E-state index contributed by atoms with van der Waals surface area (Å²) in [5.74, 6) is 0. The van der Waals surface area contributed by atoms with Gasteiger partial charge in [-0.15, -0.1) is 0 Å². The van der Waals surface area contributed by atoms with Gasteiger partial charge in [-0.25, -0.2) is 0 Å². The van der Waals surface area contributed by atoms with E-state index in [4.69, 9.17) is 35.0 Å². The standard InChI is InChI=1S/2K.2H2O4S.H2O.2H/c;;2*1-5(2,3)4;;;/h;;2*(H2,1,2,3,4);1H2;;.